The number of anilines is 1. The summed E-state index contributed by atoms with van der Waals surface area (Å²) in [5.74, 6) is -0.533. The highest BCUT2D eigenvalue weighted by molar-refractivity contribution is 5.90. The Bertz CT molecular complexity index is 1170. The third-order valence-electron chi connectivity index (χ3n) is 4.35. The number of carbonyl (C=O) groups is 1. The fraction of sp³-hybridized carbons (Fsp3) is 0.0952. The van der Waals surface area contributed by atoms with Crippen LogP contribution in [0.2, 0.25) is 0 Å². The SMILES string of the molecule is Cc1ccc(NC(=O)Cn2cccc2-c2nc(-c3ccc(F)cc3)no2)cc1F. The molecule has 2 heterocycles. The van der Waals surface area contributed by atoms with E-state index in [-0.39, 0.29) is 30.0 Å². The van der Waals surface area contributed by atoms with Crippen molar-refractivity contribution in [3.63, 3.8) is 0 Å². The number of rotatable bonds is 5. The van der Waals surface area contributed by atoms with Gasteiger partial charge in [-0.15, -0.1) is 0 Å². The summed E-state index contributed by atoms with van der Waals surface area (Å²) in [4.78, 5) is 16.7. The molecule has 0 saturated carbocycles. The molecule has 0 spiro atoms. The van der Waals surface area contributed by atoms with Gasteiger partial charge >= 0.3 is 0 Å². The molecule has 146 valence electrons. The molecule has 2 aromatic heterocycles. The molecule has 0 aliphatic heterocycles. The number of hydrogen-bond acceptors (Lipinski definition) is 4. The first-order valence-electron chi connectivity index (χ1n) is 8.81. The lowest BCUT2D eigenvalue weighted by Crippen LogP contribution is -2.19. The average molecular weight is 394 g/mol. The molecule has 0 aliphatic carbocycles. The zero-order chi connectivity index (χ0) is 20.4. The van der Waals surface area contributed by atoms with Crippen LogP contribution in [-0.4, -0.2) is 20.6 Å². The van der Waals surface area contributed by atoms with Crippen molar-refractivity contribution in [2.45, 2.75) is 13.5 Å². The summed E-state index contributed by atoms with van der Waals surface area (Å²) in [6.45, 7) is 1.63. The van der Waals surface area contributed by atoms with E-state index in [2.05, 4.69) is 15.5 Å². The zero-order valence-corrected chi connectivity index (χ0v) is 15.4. The quantitative estimate of drug-likeness (QED) is 0.544. The van der Waals surface area contributed by atoms with Crippen molar-refractivity contribution in [3.8, 4) is 23.0 Å². The van der Waals surface area contributed by atoms with Crippen molar-refractivity contribution in [2.24, 2.45) is 0 Å². The molecule has 8 heteroatoms. The number of nitrogens with one attached hydrogen (secondary N) is 1. The molecule has 29 heavy (non-hydrogen) atoms. The van der Waals surface area contributed by atoms with Crippen LogP contribution in [0, 0.1) is 18.6 Å². The molecule has 1 N–H and O–H groups in total. The van der Waals surface area contributed by atoms with Gasteiger partial charge in [-0.2, -0.15) is 4.98 Å². The first-order chi connectivity index (χ1) is 14.0. The van der Waals surface area contributed by atoms with Gasteiger partial charge in [0.15, 0.2) is 0 Å². The number of aromatic nitrogens is 3. The van der Waals surface area contributed by atoms with Crippen LogP contribution in [0.1, 0.15) is 5.56 Å². The molecule has 0 saturated heterocycles. The lowest BCUT2D eigenvalue weighted by Gasteiger charge is -2.09. The van der Waals surface area contributed by atoms with Gasteiger partial charge in [0.2, 0.25) is 11.7 Å². The third kappa shape index (κ3) is 4.06. The number of amides is 1. The minimum absolute atomic E-state index is 0.0217. The van der Waals surface area contributed by atoms with Crippen LogP contribution >= 0.6 is 0 Å². The van der Waals surface area contributed by atoms with Crippen LogP contribution in [0.25, 0.3) is 23.0 Å². The Morgan fingerprint density at radius 3 is 2.69 bits per heavy atom. The topological polar surface area (TPSA) is 73.0 Å². The van der Waals surface area contributed by atoms with Gasteiger partial charge in [0.1, 0.15) is 23.9 Å². The van der Waals surface area contributed by atoms with E-state index in [0.29, 0.717) is 28.3 Å². The molecule has 0 fully saturated rings. The summed E-state index contributed by atoms with van der Waals surface area (Å²) in [7, 11) is 0. The number of hydrogen-bond donors (Lipinski definition) is 1. The molecule has 0 bridgehead atoms. The monoisotopic (exact) mass is 394 g/mol. The first kappa shape index (κ1) is 18.5. The zero-order valence-electron chi connectivity index (χ0n) is 15.4. The molecule has 0 aliphatic rings. The summed E-state index contributed by atoms with van der Waals surface area (Å²) in [5, 5.41) is 6.58. The van der Waals surface area contributed by atoms with Crippen LogP contribution in [0.4, 0.5) is 14.5 Å². The second kappa shape index (κ2) is 7.67. The van der Waals surface area contributed by atoms with Gasteiger partial charge in [0.05, 0.1) is 0 Å². The normalized spacial score (nSPS) is 10.9. The second-order valence-electron chi connectivity index (χ2n) is 6.46. The maximum atomic E-state index is 13.7. The van der Waals surface area contributed by atoms with E-state index < -0.39 is 0 Å². The summed E-state index contributed by atoms with van der Waals surface area (Å²) in [6, 6.07) is 13.7. The summed E-state index contributed by atoms with van der Waals surface area (Å²) >= 11 is 0. The van der Waals surface area contributed by atoms with Gasteiger partial charge in [-0.05, 0) is 61.0 Å². The molecule has 6 nitrogen and oxygen atoms in total. The van der Waals surface area contributed by atoms with Crippen LogP contribution in [-0.2, 0) is 11.3 Å². The molecule has 0 radical (unpaired) electrons. The fourth-order valence-electron chi connectivity index (χ4n) is 2.82. The van der Waals surface area contributed by atoms with Crippen LogP contribution < -0.4 is 5.32 Å². The van der Waals surface area contributed by atoms with E-state index in [0.717, 1.165) is 0 Å². The maximum Gasteiger partial charge on any atom is 0.274 e. The van der Waals surface area contributed by atoms with E-state index in [1.165, 1.54) is 18.2 Å². The van der Waals surface area contributed by atoms with Crippen molar-refractivity contribution in [1.29, 1.82) is 0 Å². The van der Waals surface area contributed by atoms with Crippen molar-refractivity contribution < 1.29 is 18.1 Å². The van der Waals surface area contributed by atoms with Crippen molar-refractivity contribution in [3.05, 3.63) is 78.0 Å². The van der Waals surface area contributed by atoms with E-state index in [1.807, 2.05) is 0 Å². The Labute approximate surface area is 164 Å². The van der Waals surface area contributed by atoms with E-state index in [4.69, 9.17) is 4.52 Å². The van der Waals surface area contributed by atoms with Gasteiger partial charge in [-0.3, -0.25) is 4.79 Å². The summed E-state index contributed by atoms with van der Waals surface area (Å²) < 4.78 is 33.7. The number of benzene rings is 2. The Balaban J connectivity index is 1.50. The van der Waals surface area contributed by atoms with Gasteiger partial charge in [-0.25, -0.2) is 8.78 Å². The minimum Gasteiger partial charge on any atom is -0.334 e. The maximum absolute atomic E-state index is 13.7. The molecule has 1 amide bonds. The average Bonchev–Trinajstić information content (AvgIpc) is 3.34. The smallest absolute Gasteiger partial charge is 0.274 e. The Morgan fingerprint density at radius 2 is 1.93 bits per heavy atom. The van der Waals surface area contributed by atoms with Gasteiger partial charge in [-0.1, -0.05) is 11.2 Å². The summed E-state index contributed by atoms with van der Waals surface area (Å²) in [6.07, 6.45) is 1.70. The fourth-order valence-corrected chi connectivity index (χ4v) is 2.82. The number of halogens is 2. The second-order valence-corrected chi connectivity index (χ2v) is 6.46. The number of aryl methyl sites for hydroxylation is 1. The number of nitrogens with zero attached hydrogens (tertiary/aromatic N) is 3. The molecule has 4 rings (SSSR count). The highest BCUT2D eigenvalue weighted by atomic mass is 19.1. The number of carbonyl (C=O) groups excluding carboxylic acids is 1. The predicted molar refractivity (Wildman–Crippen MR) is 103 cm³/mol. The molecule has 2 aromatic carbocycles. The van der Waals surface area contributed by atoms with Crippen molar-refractivity contribution >= 4 is 11.6 Å². The van der Waals surface area contributed by atoms with E-state index >= 15 is 0 Å². The Morgan fingerprint density at radius 1 is 1.14 bits per heavy atom. The van der Waals surface area contributed by atoms with E-state index in [1.54, 1.807) is 54.1 Å². The molecule has 0 atom stereocenters. The lowest BCUT2D eigenvalue weighted by atomic mass is 10.2. The van der Waals surface area contributed by atoms with Gasteiger partial charge in [0.25, 0.3) is 5.89 Å². The standard InChI is InChI=1S/C21H16F2N4O2/c1-13-4-9-16(11-17(13)23)24-19(28)12-27-10-2-3-18(27)21-25-20(26-29-21)14-5-7-15(22)8-6-14/h2-11H,12H2,1H3,(H,24,28). The molecular weight excluding hydrogens is 378 g/mol. The van der Waals surface area contributed by atoms with Gasteiger partial charge in [0, 0.05) is 17.4 Å². The highest BCUT2D eigenvalue weighted by Crippen LogP contribution is 2.23. The first-order valence-corrected chi connectivity index (χ1v) is 8.81. The summed E-state index contributed by atoms with van der Waals surface area (Å²) in [5.41, 5.74) is 2.04. The van der Waals surface area contributed by atoms with Crippen molar-refractivity contribution in [1.82, 2.24) is 14.7 Å². The van der Waals surface area contributed by atoms with Crippen LogP contribution in [0.3, 0.4) is 0 Å². The molecular formula is C21H16F2N4O2. The van der Waals surface area contributed by atoms with Gasteiger partial charge < -0.3 is 14.4 Å². The largest absolute Gasteiger partial charge is 0.334 e. The highest BCUT2D eigenvalue weighted by Gasteiger charge is 2.16. The third-order valence-corrected chi connectivity index (χ3v) is 4.35. The lowest BCUT2D eigenvalue weighted by molar-refractivity contribution is -0.116. The Hall–Kier alpha value is -3.81. The molecule has 4 aromatic rings. The van der Waals surface area contributed by atoms with E-state index in [9.17, 15) is 13.6 Å². The van der Waals surface area contributed by atoms with Crippen LogP contribution in [0.15, 0.2) is 65.3 Å². The van der Waals surface area contributed by atoms with Crippen molar-refractivity contribution in [2.75, 3.05) is 5.32 Å². The minimum atomic E-state index is -0.386. The Kier molecular flexibility index (Phi) is 4.90. The van der Waals surface area contributed by atoms with Crippen LogP contribution in [0.5, 0.6) is 0 Å². The molecule has 0 unspecified atom stereocenters. The predicted octanol–water partition coefficient (Wildman–Crippen LogP) is 4.43.